The van der Waals surface area contributed by atoms with Gasteiger partial charge in [0.05, 0.1) is 0 Å². The van der Waals surface area contributed by atoms with Gasteiger partial charge >= 0.3 is 0 Å². The molecule has 0 bridgehead atoms. The monoisotopic (exact) mass is 337 g/mol. The molecule has 0 aliphatic heterocycles. The molecule has 0 aromatic heterocycles. The van der Waals surface area contributed by atoms with E-state index in [0.29, 0.717) is 16.7 Å². The van der Waals surface area contributed by atoms with E-state index in [9.17, 15) is 9.59 Å². The van der Waals surface area contributed by atoms with Crippen LogP contribution in [0.4, 0.5) is 0 Å². The molecule has 0 atom stereocenters. The second-order valence-corrected chi connectivity index (χ2v) is 6.27. The number of hydrogen-bond donors (Lipinski definition) is 0. The number of benzene rings is 2. The van der Waals surface area contributed by atoms with Crippen molar-refractivity contribution in [1.82, 2.24) is 4.90 Å². The standard InChI is InChI=1S/C22H27NO2/c1-3-5-16-23(17-6-4-2)22(25)20-14-12-19(13-15-20)21(24)18-10-8-7-9-11-18/h7-15H,3-6,16-17H2,1-2H3. The van der Waals surface area contributed by atoms with Gasteiger partial charge in [-0.3, -0.25) is 9.59 Å². The molecule has 3 nitrogen and oxygen atoms in total. The van der Waals surface area contributed by atoms with Crippen molar-refractivity contribution in [2.45, 2.75) is 39.5 Å². The summed E-state index contributed by atoms with van der Waals surface area (Å²) in [4.78, 5) is 27.1. The zero-order valence-corrected chi connectivity index (χ0v) is 15.2. The van der Waals surface area contributed by atoms with Crippen LogP contribution in [0.2, 0.25) is 0 Å². The molecule has 0 spiro atoms. The minimum Gasteiger partial charge on any atom is -0.339 e. The van der Waals surface area contributed by atoms with Crippen LogP contribution in [-0.2, 0) is 0 Å². The fourth-order valence-electron chi connectivity index (χ4n) is 2.72. The summed E-state index contributed by atoms with van der Waals surface area (Å²) in [7, 11) is 0. The van der Waals surface area contributed by atoms with Crippen LogP contribution in [0.25, 0.3) is 0 Å². The van der Waals surface area contributed by atoms with E-state index in [1.807, 2.05) is 23.1 Å². The third-order valence-electron chi connectivity index (χ3n) is 4.28. The van der Waals surface area contributed by atoms with Crippen LogP contribution in [0.1, 0.15) is 65.8 Å². The molecule has 0 radical (unpaired) electrons. The van der Waals surface area contributed by atoms with Gasteiger partial charge in [-0.15, -0.1) is 0 Å². The third kappa shape index (κ3) is 5.28. The maximum absolute atomic E-state index is 12.7. The molecule has 0 unspecified atom stereocenters. The Morgan fingerprint density at radius 1 is 0.720 bits per heavy atom. The van der Waals surface area contributed by atoms with Gasteiger partial charge in [0.1, 0.15) is 0 Å². The van der Waals surface area contributed by atoms with Crippen molar-refractivity contribution in [3.8, 4) is 0 Å². The van der Waals surface area contributed by atoms with Crippen molar-refractivity contribution in [2.75, 3.05) is 13.1 Å². The zero-order valence-electron chi connectivity index (χ0n) is 15.2. The molecule has 132 valence electrons. The maximum atomic E-state index is 12.7. The Bertz CT molecular complexity index is 669. The first-order chi connectivity index (χ1) is 12.2. The molecule has 3 heteroatoms. The van der Waals surface area contributed by atoms with Crippen LogP contribution >= 0.6 is 0 Å². The van der Waals surface area contributed by atoms with E-state index in [2.05, 4.69) is 13.8 Å². The summed E-state index contributed by atoms with van der Waals surface area (Å²) in [6, 6.07) is 16.2. The largest absolute Gasteiger partial charge is 0.339 e. The lowest BCUT2D eigenvalue weighted by molar-refractivity contribution is 0.0750. The van der Waals surface area contributed by atoms with Crippen molar-refractivity contribution in [2.24, 2.45) is 0 Å². The Morgan fingerprint density at radius 3 is 1.72 bits per heavy atom. The van der Waals surface area contributed by atoms with Gasteiger partial charge in [-0.1, -0.05) is 69.2 Å². The average molecular weight is 337 g/mol. The van der Waals surface area contributed by atoms with Crippen molar-refractivity contribution < 1.29 is 9.59 Å². The molecular weight excluding hydrogens is 310 g/mol. The fraction of sp³-hybridized carbons (Fsp3) is 0.364. The lowest BCUT2D eigenvalue weighted by atomic mass is 10.0. The van der Waals surface area contributed by atoms with E-state index in [4.69, 9.17) is 0 Å². The molecule has 0 saturated carbocycles. The van der Waals surface area contributed by atoms with Gasteiger partial charge in [-0.25, -0.2) is 0 Å². The highest BCUT2D eigenvalue weighted by molar-refractivity contribution is 6.09. The number of ketones is 1. The highest BCUT2D eigenvalue weighted by Gasteiger charge is 2.16. The fourth-order valence-corrected chi connectivity index (χ4v) is 2.72. The topological polar surface area (TPSA) is 37.4 Å². The molecular formula is C22H27NO2. The van der Waals surface area contributed by atoms with Crippen LogP contribution in [0.5, 0.6) is 0 Å². The summed E-state index contributed by atoms with van der Waals surface area (Å²) in [5, 5.41) is 0. The quantitative estimate of drug-likeness (QED) is 0.606. The summed E-state index contributed by atoms with van der Waals surface area (Å²) in [6.45, 7) is 5.85. The van der Waals surface area contributed by atoms with E-state index < -0.39 is 0 Å². The van der Waals surface area contributed by atoms with Crippen LogP contribution in [0, 0.1) is 0 Å². The van der Waals surface area contributed by atoms with Crippen molar-refractivity contribution in [3.63, 3.8) is 0 Å². The van der Waals surface area contributed by atoms with E-state index in [1.54, 1.807) is 36.4 Å². The Morgan fingerprint density at radius 2 is 1.20 bits per heavy atom. The van der Waals surface area contributed by atoms with E-state index in [1.165, 1.54) is 0 Å². The second kappa shape index (κ2) is 9.77. The molecule has 0 fully saturated rings. The van der Waals surface area contributed by atoms with E-state index in [0.717, 1.165) is 38.8 Å². The minimum absolute atomic E-state index is 0.0200. The lowest BCUT2D eigenvalue weighted by Crippen LogP contribution is -2.32. The lowest BCUT2D eigenvalue weighted by Gasteiger charge is -2.22. The van der Waals surface area contributed by atoms with Crippen LogP contribution < -0.4 is 0 Å². The summed E-state index contributed by atoms with van der Waals surface area (Å²) >= 11 is 0. The molecule has 0 aliphatic rings. The van der Waals surface area contributed by atoms with Crippen LogP contribution in [0.3, 0.4) is 0 Å². The predicted molar refractivity (Wildman–Crippen MR) is 102 cm³/mol. The van der Waals surface area contributed by atoms with Crippen LogP contribution in [0.15, 0.2) is 54.6 Å². The summed E-state index contributed by atoms with van der Waals surface area (Å²) in [5.74, 6) is 0.0361. The summed E-state index contributed by atoms with van der Waals surface area (Å²) in [5.41, 5.74) is 1.92. The smallest absolute Gasteiger partial charge is 0.253 e. The zero-order chi connectivity index (χ0) is 18.1. The molecule has 0 aliphatic carbocycles. The molecule has 0 heterocycles. The SMILES string of the molecule is CCCCN(CCCC)C(=O)c1ccc(C(=O)c2ccccc2)cc1. The molecule has 2 aromatic rings. The van der Waals surface area contributed by atoms with Crippen molar-refractivity contribution in [1.29, 1.82) is 0 Å². The molecule has 25 heavy (non-hydrogen) atoms. The first-order valence-corrected chi connectivity index (χ1v) is 9.16. The van der Waals surface area contributed by atoms with Crippen molar-refractivity contribution in [3.05, 3.63) is 71.3 Å². The predicted octanol–water partition coefficient (Wildman–Crippen LogP) is 4.96. The number of carbonyl (C=O) groups is 2. The Balaban J connectivity index is 2.11. The van der Waals surface area contributed by atoms with Gasteiger partial charge in [0.25, 0.3) is 5.91 Å². The van der Waals surface area contributed by atoms with Gasteiger partial charge in [-0.2, -0.15) is 0 Å². The molecule has 0 saturated heterocycles. The van der Waals surface area contributed by atoms with Crippen molar-refractivity contribution >= 4 is 11.7 Å². The number of nitrogens with zero attached hydrogens (tertiary/aromatic N) is 1. The highest BCUT2D eigenvalue weighted by atomic mass is 16.2. The Labute approximate surface area is 150 Å². The van der Waals surface area contributed by atoms with Gasteiger partial charge in [-0.05, 0) is 25.0 Å². The van der Waals surface area contributed by atoms with Crippen LogP contribution in [-0.4, -0.2) is 29.7 Å². The van der Waals surface area contributed by atoms with Gasteiger partial charge in [0.15, 0.2) is 5.78 Å². The maximum Gasteiger partial charge on any atom is 0.253 e. The molecule has 0 N–H and O–H groups in total. The molecule has 2 aromatic carbocycles. The number of unbranched alkanes of at least 4 members (excludes halogenated alkanes) is 2. The molecule has 2 rings (SSSR count). The minimum atomic E-state index is -0.0200. The number of rotatable bonds is 9. The van der Waals surface area contributed by atoms with Gasteiger partial charge in [0, 0.05) is 29.8 Å². The first kappa shape index (κ1) is 18.9. The summed E-state index contributed by atoms with van der Waals surface area (Å²) < 4.78 is 0. The first-order valence-electron chi connectivity index (χ1n) is 9.16. The summed E-state index contributed by atoms with van der Waals surface area (Å²) in [6.07, 6.45) is 4.17. The molecule has 1 amide bonds. The Hall–Kier alpha value is -2.42. The average Bonchev–Trinajstić information content (AvgIpc) is 2.68. The number of amides is 1. The third-order valence-corrected chi connectivity index (χ3v) is 4.28. The number of hydrogen-bond acceptors (Lipinski definition) is 2. The normalized spacial score (nSPS) is 10.5. The number of carbonyl (C=O) groups excluding carboxylic acids is 2. The van der Waals surface area contributed by atoms with Gasteiger partial charge < -0.3 is 4.90 Å². The second-order valence-electron chi connectivity index (χ2n) is 6.27. The van der Waals surface area contributed by atoms with E-state index in [-0.39, 0.29) is 11.7 Å². The van der Waals surface area contributed by atoms with Gasteiger partial charge in [0.2, 0.25) is 0 Å². The Kier molecular flexibility index (Phi) is 7.39. The highest BCUT2D eigenvalue weighted by Crippen LogP contribution is 2.13. The van der Waals surface area contributed by atoms with E-state index >= 15 is 0 Å².